The van der Waals surface area contributed by atoms with Gasteiger partial charge in [0.05, 0.1) is 18.4 Å². The minimum Gasteiger partial charge on any atom is -0.467 e. The quantitative estimate of drug-likeness (QED) is 0.656. The van der Waals surface area contributed by atoms with Crippen molar-refractivity contribution in [2.75, 3.05) is 7.05 Å². The number of rotatable bonds is 2. The first-order valence-electron chi connectivity index (χ1n) is 2.99. The van der Waals surface area contributed by atoms with Crippen LogP contribution in [0.3, 0.4) is 0 Å². The van der Waals surface area contributed by atoms with Gasteiger partial charge in [0.25, 0.3) is 0 Å². The summed E-state index contributed by atoms with van der Waals surface area (Å²) in [5, 5.41) is 11.4. The smallest absolute Gasteiger partial charge is 0.135 e. The summed E-state index contributed by atoms with van der Waals surface area (Å²) in [4.78, 5) is 0. The zero-order valence-corrected chi connectivity index (χ0v) is 5.72. The summed E-state index contributed by atoms with van der Waals surface area (Å²) in [7, 11) is 1.81. The van der Waals surface area contributed by atoms with Gasteiger partial charge in [0.15, 0.2) is 0 Å². The van der Waals surface area contributed by atoms with Gasteiger partial charge in [0.2, 0.25) is 0 Å². The molecule has 0 aliphatic rings. The Hall–Kier alpha value is -1.27. The lowest BCUT2D eigenvalue weighted by Crippen LogP contribution is -2.04. The van der Waals surface area contributed by atoms with Gasteiger partial charge in [-0.15, -0.1) is 0 Å². The first-order chi connectivity index (χ1) is 4.88. The fourth-order valence-electron chi connectivity index (χ4n) is 0.738. The minimum absolute atomic E-state index is 0.606. The van der Waals surface area contributed by atoms with E-state index >= 15 is 0 Å². The lowest BCUT2D eigenvalue weighted by molar-refractivity contribution is 0.494. The molecule has 1 aromatic rings. The second-order valence-corrected chi connectivity index (χ2v) is 1.90. The van der Waals surface area contributed by atoms with E-state index in [1.807, 2.05) is 13.1 Å². The van der Waals surface area contributed by atoms with Gasteiger partial charge in [-0.05, 0) is 13.1 Å². The fraction of sp³-hybridized carbons (Fsp3) is 0.286. The van der Waals surface area contributed by atoms with Gasteiger partial charge in [0.1, 0.15) is 11.8 Å². The number of hydrogen-bond acceptors (Lipinski definition) is 3. The molecule has 1 heterocycles. The van der Waals surface area contributed by atoms with E-state index in [2.05, 4.69) is 5.32 Å². The Labute approximate surface area is 59.3 Å². The van der Waals surface area contributed by atoms with Crippen LogP contribution < -0.4 is 5.32 Å². The van der Waals surface area contributed by atoms with Crippen molar-refractivity contribution in [2.45, 2.75) is 6.54 Å². The average Bonchev–Trinajstić information content (AvgIpc) is 2.36. The Bertz CT molecular complexity index is 246. The Morgan fingerprint density at radius 3 is 3.20 bits per heavy atom. The summed E-state index contributed by atoms with van der Waals surface area (Å²) in [6, 6.07) is 3.69. The molecule has 0 aliphatic carbocycles. The van der Waals surface area contributed by atoms with Crippen LogP contribution in [0.5, 0.6) is 0 Å². The van der Waals surface area contributed by atoms with Crippen LogP contribution in [0.1, 0.15) is 11.3 Å². The van der Waals surface area contributed by atoms with Crippen LogP contribution in [0, 0.1) is 11.3 Å². The van der Waals surface area contributed by atoms with Gasteiger partial charge in [-0.25, -0.2) is 0 Å². The summed E-state index contributed by atoms with van der Waals surface area (Å²) in [5.74, 6) is 0.699. The Morgan fingerprint density at radius 2 is 2.60 bits per heavy atom. The molecule has 1 N–H and O–H groups in total. The molecule has 0 spiro atoms. The number of nitrogens with one attached hydrogen (secondary N) is 1. The summed E-state index contributed by atoms with van der Waals surface area (Å²) in [6.45, 7) is 0.607. The maximum atomic E-state index is 8.50. The highest BCUT2D eigenvalue weighted by molar-refractivity contribution is 5.30. The van der Waals surface area contributed by atoms with Gasteiger partial charge < -0.3 is 9.73 Å². The lowest BCUT2D eigenvalue weighted by Gasteiger charge is -1.92. The van der Waals surface area contributed by atoms with Crippen LogP contribution in [0.15, 0.2) is 16.7 Å². The molecule has 3 heteroatoms. The number of nitriles is 1. The minimum atomic E-state index is 0.606. The van der Waals surface area contributed by atoms with Crippen LogP contribution in [0.4, 0.5) is 0 Å². The number of hydrogen-bond donors (Lipinski definition) is 1. The molecule has 0 bridgehead atoms. The standard InChI is InChI=1S/C7H8N2O/c1-9-5-7-6(4-8)2-3-10-7/h2-3,9H,5H2,1H3. The van der Waals surface area contributed by atoms with E-state index in [1.54, 1.807) is 6.07 Å². The topological polar surface area (TPSA) is 49.0 Å². The summed E-state index contributed by atoms with van der Waals surface area (Å²) < 4.78 is 5.01. The van der Waals surface area contributed by atoms with Crippen LogP contribution in [0.2, 0.25) is 0 Å². The van der Waals surface area contributed by atoms with Crippen LogP contribution >= 0.6 is 0 Å². The first-order valence-corrected chi connectivity index (χ1v) is 2.99. The molecular weight excluding hydrogens is 128 g/mol. The second kappa shape index (κ2) is 3.04. The van der Waals surface area contributed by atoms with E-state index < -0.39 is 0 Å². The second-order valence-electron chi connectivity index (χ2n) is 1.90. The Morgan fingerprint density at radius 1 is 1.80 bits per heavy atom. The van der Waals surface area contributed by atoms with Gasteiger partial charge in [-0.1, -0.05) is 0 Å². The SMILES string of the molecule is CNCc1occc1C#N. The van der Waals surface area contributed by atoms with Crippen molar-refractivity contribution in [3.8, 4) is 6.07 Å². The van der Waals surface area contributed by atoms with E-state index in [1.165, 1.54) is 6.26 Å². The zero-order chi connectivity index (χ0) is 7.40. The molecule has 0 aliphatic heterocycles. The third-order valence-corrected chi connectivity index (χ3v) is 1.20. The summed E-state index contributed by atoms with van der Waals surface area (Å²) in [5.41, 5.74) is 0.606. The number of furan rings is 1. The molecule has 1 rings (SSSR count). The molecule has 0 saturated carbocycles. The molecule has 0 atom stereocenters. The van der Waals surface area contributed by atoms with Crippen molar-refractivity contribution in [3.05, 3.63) is 23.7 Å². The van der Waals surface area contributed by atoms with Crippen molar-refractivity contribution in [3.63, 3.8) is 0 Å². The Kier molecular flexibility index (Phi) is 2.08. The highest BCUT2D eigenvalue weighted by Gasteiger charge is 2.01. The molecule has 3 nitrogen and oxygen atoms in total. The Balaban J connectivity index is 2.82. The first kappa shape index (κ1) is 6.84. The molecular formula is C7H8N2O. The molecule has 0 fully saturated rings. The van der Waals surface area contributed by atoms with E-state index in [0.29, 0.717) is 17.9 Å². The highest BCUT2D eigenvalue weighted by atomic mass is 16.3. The lowest BCUT2D eigenvalue weighted by atomic mass is 10.3. The van der Waals surface area contributed by atoms with Crippen molar-refractivity contribution in [1.82, 2.24) is 5.32 Å². The predicted molar refractivity (Wildman–Crippen MR) is 36.2 cm³/mol. The highest BCUT2D eigenvalue weighted by Crippen LogP contribution is 2.07. The molecule has 1 aromatic heterocycles. The third-order valence-electron chi connectivity index (χ3n) is 1.20. The van der Waals surface area contributed by atoms with Gasteiger partial charge >= 0.3 is 0 Å². The van der Waals surface area contributed by atoms with E-state index in [9.17, 15) is 0 Å². The van der Waals surface area contributed by atoms with Crippen LogP contribution in [0.25, 0.3) is 0 Å². The average molecular weight is 136 g/mol. The largest absolute Gasteiger partial charge is 0.467 e. The van der Waals surface area contributed by atoms with Gasteiger partial charge in [-0.2, -0.15) is 5.26 Å². The predicted octanol–water partition coefficient (Wildman–Crippen LogP) is 0.871. The normalized spacial score (nSPS) is 9.20. The summed E-state index contributed by atoms with van der Waals surface area (Å²) >= 11 is 0. The summed E-state index contributed by atoms with van der Waals surface area (Å²) in [6.07, 6.45) is 1.52. The van der Waals surface area contributed by atoms with Crippen LogP contribution in [-0.2, 0) is 6.54 Å². The third kappa shape index (κ3) is 1.17. The van der Waals surface area contributed by atoms with E-state index in [-0.39, 0.29) is 0 Å². The molecule has 10 heavy (non-hydrogen) atoms. The molecule has 0 saturated heterocycles. The number of nitrogens with zero attached hydrogens (tertiary/aromatic N) is 1. The van der Waals surface area contributed by atoms with Crippen molar-refractivity contribution >= 4 is 0 Å². The maximum absolute atomic E-state index is 8.50. The molecule has 0 aromatic carbocycles. The molecule has 52 valence electrons. The van der Waals surface area contributed by atoms with E-state index in [0.717, 1.165) is 0 Å². The molecule has 0 amide bonds. The van der Waals surface area contributed by atoms with Gasteiger partial charge in [-0.3, -0.25) is 0 Å². The van der Waals surface area contributed by atoms with Crippen molar-refractivity contribution in [2.24, 2.45) is 0 Å². The van der Waals surface area contributed by atoms with Crippen LogP contribution in [-0.4, -0.2) is 7.05 Å². The molecule has 0 unspecified atom stereocenters. The maximum Gasteiger partial charge on any atom is 0.135 e. The van der Waals surface area contributed by atoms with Crippen molar-refractivity contribution < 1.29 is 4.42 Å². The van der Waals surface area contributed by atoms with E-state index in [4.69, 9.17) is 9.68 Å². The fourth-order valence-corrected chi connectivity index (χ4v) is 0.738. The zero-order valence-electron chi connectivity index (χ0n) is 5.72. The van der Waals surface area contributed by atoms with Gasteiger partial charge in [0, 0.05) is 0 Å². The van der Waals surface area contributed by atoms with Crippen molar-refractivity contribution in [1.29, 1.82) is 5.26 Å². The monoisotopic (exact) mass is 136 g/mol. The molecule has 0 radical (unpaired) electrons.